The van der Waals surface area contributed by atoms with Gasteiger partial charge >= 0.3 is 0 Å². The first-order chi connectivity index (χ1) is 9.04. The quantitative estimate of drug-likeness (QED) is 0.628. The SMILES string of the molecule is CCSCCCNc1cc(C(N)=O)cc(C(N)=O)c1. The number of rotatable bonds is 8. The first-order valence-corrected chi connectivity index (χ1v) is 7.26. The number of amides is 2. The van der Waals surface area contributed by atoms with Crippen LogP contribution in [0.4, 0.5) is 5.69 Å². The van der Waals surface area contributed by atoms with Gasteiger partial charge in [0.2, 0.25) is 11.8 Å². The topological polar surface area (TPSA) is 98.2 Å². The molecule has 0 saturated carbocycles. The van der Waals surface area contributed by atoms with Crippen molar-refractivity contribution in [2.45, 2.75) is 13.3 Å². The average molecular weight is 281 g/mol. The fraction of sp³-hybridized carbons (Fsp3) is 0.385. The summed E-state index contributed by atoms with van der Waals surface area (Å²) in [6, 6.07) is 4.66. The number of nitrogens with two attached hydrogens (primary N) is 2. The second-order valence-corrected chi connectivity index (χ2v) is 5.40. The zero-order chi connectivity index (χ0) is 14.3. The van der Waals surface area contributed by atoms with Crippen molar-refractivity contribution >= 4 is 29.3 Å². The van der Waals surface area contributed by atoms with Crippen molar-refractivity contribution in [3.05, 3.63) is 29.3 Å². The molecule has 0 saturated heterocycles. The van der Waals surface area contributed by atoms with Gasteiger partial charge in [0.25, 0.3) is 0 Å². The molecular formula is C13H19N3O2S. The van der Waals surface area contributed by atoms with Crippen LogP contribution in [-0.2, 0) is 0 Å². The second kappa shape index (κ2) is 7.68. The number of carbonyl (C=O) groups is 2. The largest absolute Gasteiger partial charge is 0.385 e. The van der Waals surface area contributed by atoms with Gasteiger partial charge < -0.3 is 16.8 Å². The van der Waals surface area contributed by atoms with Gasteiger partial charge in [0, 0.05) is 23.4 Å². The minimum atomic E-state index is -0.576. The molecular weight excluding hydrogens is 262 g/mol. The molecule has 1 rings (SSSR count). The lowest BCUT2D eigenvalue weighted by molar-refractivity contribution is 0.0999. The Labute approximate surface area is 117 Å². The molecule has 0 atom stereocenters. The van der Waals surface area contributed by atoms with Crippen molar-refractivity contribution in [3.8, 4) is 0 Å². The standard InChI is InChI=1S/C13H19N3O2S/c1-2-19-5-3-4-16-11-7-9(12(14)17)6-10(8-11)13(15)18/h6-8,16H,2-5H2,1H3,(H2,14,17)(H2,15,18). The van der Waals surface area contributed by atoms with Crippen LogP contribution in [0.25, 0.3) is 0 Å². The maximum atomic E-state index is 11.2. The van der Waals surface area contributed by atoms with Gasteiger partial charge in [-0.2, -0.15) is 11.8 Å². The number of carbonyl (C=O) groups excluding carboxylic acids is 2. The summed E-state index contributed by atoms with van der Waals surface area (Å²) >= 11 is 1.87. The van der Waals surface area contributed by atoms with Gasteiger partial charge in [0.1, 0.15) is 0 Å². The number of anilines is 1. The number of thioether (sulfide) groups is 1. The van der Waals surface area contributed by atoms with Gasteiger partial charge in [0.15, 0.2) is 0 Å². The molecule has 5 N–H and O–H groups in total. The van der Waals surface area contributed by atoms with E-state index in [4.69, 9.17) is 11.5 Å². The van der Waals surface area contributed by atoms with E-state index in [-0.39, 0.29) is 11.1 Å². The van der Waals surface area contributed by atoms with Gasteiger partial charge in [-0.1, -0.05) is 6.92 Å². The van der Waals surface area contributed by atoms with E-state index < -0.39 is 11.8 Å². The molecule has 0 heterocycles. The molecule has 5 nitrogen and oxygen atoms in total. The molecule has 0 aliphatic carbocycles. The Balaban J connectivity index is 2.71. The van der Waals surface area contributed by atoms with Crippen LogP contribution in [0.15, 0.2) is 18.2 Å². The highest BCUT2D eigenvalue weighted by Crippen LogP contribution is 2.15. The summed E-state index contributed by atoms with van der Waals surface area (Å²) < 4.78 is 0. The number of hydrogen-bond donors (Lipinski definition) is 3. The van der Waals surface area contributed by atoms with E-state index in [2.05, 4.69) is 12.2 Å². The van der Waals surface area contributed by atoms with Crippen molar-refractivity contribution in [2.75, 3.05) is 23.4 Å². The highest BCUT2D eigenvalue weighted by Gasteiger charge is 2.08. The van der Waals surface area contributed by atoms with Crippen molar-refractivity contribution in [1.29, 1.82) is 0 Å². The Morgan fingerprint density at radius 1 is 1.16 bits per heavy atom. The molecule has 0 bridgehead atoms. The van der Waals surface area contributed by atoms with E-state index >= 15 is 0 Å². The third-order valence-corrected chi connectivity index (χ3v) is 3.49. The molecule has 0 aliphatic rings. The highest BCUT2D eigenvalue weighted by molar-refractivity contribution is 7.99. The van der Waals surface area contributed by atoms with E-state index in [0.717, 1.165) is 24.5 Å². The van der Waals surface area contributed by atoms with Gasteiger partial charge in [-0.3, -0.25) is 9.59 Å². The minimum Gasteiger partial charge on any atom is -0.385 e. The van der Waals surface area contributed by atoms with E-state index in [1.165, 1.54) is 6.07 Å². The Morgan fingerprint density at radius 3 is 2.21 bits per heavy atom. The molecule has 0 radical (unpaired) electrons. The molecule has 1 aromatic rings. The van der Waals surface area contributed by atoms with Gasteiger partial charge in [-0.25, -0.2) is 0 Å². The van der Waals surface area contributed by atoms with Crippen LogP contribution < -0.4 is 16.8 Å². The summed E-state index contributed by atoms with van der Waals surface area (Å²) in [7, 11) is 0. The summed E-state index contributed by atoms with van der Waals surface area (Å²) in [6.07, 6.45) is 1.01. The summed E-state index contributed by atoms with van der Waals surface area (Å²) in [4.78, 5) is 22.4. The normalized spacial score (nSPS) is 10.2. The van der Waals surface area contributed by atoms with Gasteiger partial charge in [0.05, 0.1) is 0 Å². The number of nitrogens with one attached hydrogen (secondary N) is 1. The fourth-order valence-corrected chi connectivity index (χ4v) is 2.20. The smallest absolute Gasteiger partial charge is 0.248 e. The van der Waals surface area contributed by atoms with Crippen molar-refractivity contribution in [3.63, 3.8) is 0 Å². The third-order valence-electron chi connectivity index (χ3n) is 2.50. The first kappa shape index (κ1) is 15.4. The van der Waals surface area contributed by atoms with Gasteiger partial charge in [-0.15, -0.1) is 0 Å². The molecule has 6 heteroatoms. The monoisotopic (exact) mass is 281 g/mol. The average Bonchev–Trinajstić information content (AvgIpc) is 2.38. The van der Waals surface area contributed by atoms with Crippen LogP contribution >= 0.6 is 11.8 Å². The lowest BCUT2D eigenvalue weighted by atomic mass is 10.1. The van der Waals surface area contributed by atoms with Gasteiger partial charge in [-0.05, 0) is 36.1 Å². The molecule has 104 valence electrons. The first-order valence-electron chi connectivity index (χ1n) is 6.11. The van der Waals surface area contributed by atoms with Crippen LogP contribution in [0.2, 0.25) is 0 Å². The van der Waals surface area contributed by atoms with Crippen molar-refractivity contribution in [2.24, 2.45) is 11.5 Å². The summed E-state index contributed by atoms with van der Waals surface area (Å²) in [6.45, 7) is 2.89. The predicted octanol–water partition coefficient (Wildman–Crippen LogP) is 1.44. The Hall–Kier alpha value is -1.69. The Bertz CT molecular complexity index is 431. The molecule has 2 amide bonds. The van der Waals surface area contributed by atoms with Crippen LogP contribution in [0.1, 0.15) is 34.1 Å². The molecule has 0 unspecified atom stereocenters. The van der Waals surface area contributed by atoms with Crippen LogP contribution in [-0.4, -0.2) is 29.9 Å². The van der Waals surface area contributed by atoms with Crippen molar-refractivity contribution < 1.29 is 9.59 Å². The van der Waals surface area contributed by atoms with E-state index in [1.54, 1.807) is 12.1 Å². The Morgan fingerprint density at radius 2 is 1.74 bits per heavy atom. The van der Waals surface area contributed by atoms with Crippen LogP contribution in [0, 0.1) is 0 Å². The molecule has 1 aromatic carbocycles. The lowest BCUT2D eigenvalue weighted by Crippen LogP contribution is -2.16. The maximum Gasteiger partial charge on any atom is 0.248 e. The molecule has 0 aromatic heterocycles. The molecule has 0 fully saturated rings. The molecule has 19 heavy (non-hydrogen) atoms. The zero-order valence-corrected chi connectivity index (χ0v) is 11.8. The van der Waals surface area contributed by atoms with E-state index in [9.17, 15) is 9.59 Å². The highest BCUT2D eigenvalue weighted by atomic mass is 32.2. The predicted molar refractivity (Wildman–Crippen MR) is 79.6 cm³/mol. The third kappa shape index (κ3) is 5.21. The zero-order valence-electron chi connectivity index (χ0n) is 10.9. The summed E-state index contributed by atoms with van der Waals surface area (Å²) in [5.41, 5.74) is 11.7. The van der Waals surface area contributed by atoms with E-state index in [1.807, 2.05) is 11.8 Å². The number of hydrogen-bond acceptors (Lipinski definition) is 4. The Kier molecular flexibility index (Phi) is 6.21. The van der Waals surface area contributed by atoms with Crippen LogP contribution in [0.3, 0.4) is 0 Å². The summed E-state index contributed by atoms with van der Waals surface area (Å²) in [5.74, 6) is 1.02. The number of primary amides is 2. The van der Waals surface area contributed by atoms with Crippen molar-refractivity contribution in [1.82, 2.24) is 0 Å². The summed E-state index contributed by atoms with van der Waals surface area (Å²) in [5, 5.41) is 3.17. The van der Waals surface area contributed by atoms with E-state index in [0.29, 0.717) is 5.69 Å². The molecule has 0 spiro atoms. The lowest BCUT2D eigenvalue weighted by Gasteiger charge is -2.09. The molecule has 0 aliphatic heterocycles. The van der Waals surface area contributed by atoms with Crippen LogP contribution in [0.5, 0.6) is 0 Å². The number of benzene rings is 1. The maximum absolute atomic E-state index is 11.2. The fourth-order valence-electron chi connectivity index (χ4n) is 1.57. The second-order valence-electron chi connectivity index (χ2n) is 4.00. The minimum absolute atomic E-state index is 0.279.